The van der Waals surface area contributed by atoms with E-state index in [1.165, 1.54) is 17.5 Å². The maximum Gasteiger partial charge on any atom is 0.119 e. The standard InChI is InChI=1S/C15H23NO/c1-4-5-14-13-10-12(17-3)7-6-11(13)8-9-15(14,2)16/h6-7,10,14H,4-5,8-9,16H2,1-3H3/t14-,15+/m0/s1. The highest BCUT2D eigenvalue weighted by atomic mass is 16.5. The molecule has 0 spiro atoms. The average molecular weight is 233 g/mol. The Morgan fingerprint density at radius 1 is 1.47 bits per heavy atom. The molecule has 0 aliphatic heterocycles. The fraction of sp³-hybridized carbons (Fsp3) is 0.600. The van der Waals surface area contributed by atoms with Crippen molar-refractivity contribution in [2.45, 2.75) is 51.0 Å². The molecule has 0 heterocycles. The lowest BCUT2D eigenvalue weighted by Crippen LogP contribution is -2.45. The lowest BCUT2D eigenvalue weighted by atomic mass is 9.69. The molecule has 0 bridgehead atoms. The molecule has 0 aromatic heterocycles. The number of ether oxygens (including phenoxy) is 1. The first-order chi connectivity index (χ1) is 8.08. The van der Waals surface area contributed by atoms with Crippen molar-refractivity contribution in [3.8, 4) is 5.75 Å². The second kappa shape index (κ2) is 4.69. The largest absolute Gasteiger partial charge is 0.497 e. The highest BCUT2D eigenvalue weighted by Gasteiger charge is 2.35. The molecule has 2 rings (SSSR count). The molecule has 0 unspecified atom stereocenters. The molecule has 2 nitrogen and oxygen atoms in total. The topological polar surface area (TPSA) is 35.2 Å². The van der Waals surface area contributed by atoms with Gasteiger partial charge in [-0.15, -0.1) is 0 Å². The highest BCUT2D eigenvalue weighted by molar-refractivity contribution is 5.41. The normalized spacial score (nSPS) is 27.6. The molecule has 0 fully saturated rings. The first-order valence-corrected chi connectivity index (χ1v) is 6.54. The van der Waals surface area contributed by atoms with E-state index in [-0.39, 0.29) is 5.54 Å². The van der Waals surface area contributed by atoms with Crippen molar-refractivity contribution in [2.75, 3.05) is 7.11 Å². The second-order valence-electron chi connectivity index (χ2n) is 5.41. The molecule has 0 saturated carbocycles. The molecule has 2 N–H and O–H groups in total. The summed E-state index contributed by atoms with van der Waals surface area (Å²) in [5.41, 5.74) is 9.26. The molecule has 0 amide bonds. The summed E-state index contributed by atoms with van der Waals surface area (Å²) in [4.78, 5) is 0. The third kappa shape index (κ3) is 2.32. The zero-order valence-corrected chi connectivity index (χ0v) is 11.1. The summed E-state index contributed by atoms with van der Waals surface area (Å²) in [5.74, 6) is 1.41. The fourth-order valence-corrected chi connectivity index (χ4v) is 2.96. The van der Waals surface area contributed by atoms with Crippen molar-refractivity contribution >= 4 is 0 Å². The Balaban J connectivity index is 2.42. The van der Waals surface area contributed by atoms with Crippen LogP contribution in [0.4, 0.5) is 0 Å². The van der Waals surface area contributed by atoms with E-state index in [0.29, 0.717) is 5.92 Å². The molecule has 17 heavy (non-hydrogen) atoms. The summed E-state index contributed by atoms with van der Waals surface area (Å²) in [7, 11) is 1.72. The predicted molar refractivity (Wildman–Crippen MR) is 71.6 cm³/mol. The summed E-state index contributed by atoms with van der Waals surface area (Å²) >= 11 is 0. The lowest BCUT2D eigenvalue weighted by Gasteiger charge is -2.40. The van der Waals surface area contributed by atoms with E-state index in [9.17, 15) is 0 Å². The quantitative estimate of drug-likeness (QED) is 0.870. The number of nitrogens with two attached hydrogens (primary N) is 1. The molecule has 1 aliphatic carbocycles. The molecule has 1 aromatic rings. The number of rotatable bonds is 3. The van der Waals surface area contributed by atoms with Gasteiger partial charge in [0.2, 0.25) is 0 Å². The van der Waals surface area contributed by atoms with Crippen molar-refractivity contribution in [1.82, 2.24) is 0 Å². The maximum absolute atomic E-state index is 6.47. The Morgan fingerprint density at radius 2 is 2.24 bits per heavy atom. The number of fused-ring (bicyclic) bond motifs is 1. The van der Waals surface area contributed by atoms with E-state index in [2.05, 4.69) is 32.0 Å². The van der Waals surface area contributed by atoms with Gasteiger partial charge in [0.05, 0.1) is 7.11 Å². The second-order valence-corrected chi connectivity index (χ2v) is 5.41. The number of benzene rings is 1. The smallest absolute Gasteiger partial charge is 0.119 e. The molecular weight excluding hydrogens is 210 g/mol. The molecule has 2 atom stereocenters. The average Bonchev–Trinajstić information content (AvgIpc) is 2.32. The molecule has 94 valence electrons. The number of methoxy groups -OCH3 is 1. The van der Waals surface area contributed by atoms with Crippen molar-refractivity contribution in [2.24, 2.45) is 5.73 Å². The molecule has 2 heteroatoms. The third-order valence-electron chi connectivity index (χ3n) is 4.03. The van der Waals surface area contributed by atoms with Crippen LogP contribution < -0.4 is 10.5 Å². The third-order valence-corrected chi connectivity index (χ3v) is 4.03. The predicted octanol–water partition coefficient (Wildman–Crippen LogP) is 3.24. The van der Waals surface area contributed by atoms with E-state index in [4.69, 9.17) is 10.5 Å². The molecule has 0 radical (unpaired) electrons. The summed E-state index contributed by atoms with van der Waals surface area (Å²) < 4.78 is 5.33. The number of hydrogen-bond donors (Lipinski definition) is 1. The van der Waals surface area contributed by atoms with Crippen LogP contribution in [0, 0.1) is 0 Å². The Labute approximate surface area is 104 Å². The van der Waals surface area contributed by atoms with Crippen LogP contribution in [0.1, 0.15) is 50.2 Å². The van der Waals surface area contributed by atoms with Gasteiger partial charge in [-0.1, -0.05) is 19.4 Å². The van der Waals surface area contributed by atoms with Crippen LogP contribution >= 0.6 is 0 Å². The molecule has 1 aromatic carbocycles. The Kier molecular flexibility index (Phi) is 3.43. The zero-order valence-electron chi connectivity index (χ0n) is 11.1. The van der Waals surface area contributed by atoms with Gasteiger partial charge in [0, 0.05) is 11.5 Å². The monoisotopic (exact) mass is 233 g/mol. The van der Waals surface area contributed by atoms with Gasteiger partial charge in [0.15, 0.2) is 0 Å². The van der Waals surface area contributed by atoms with Gasteiger partial charge in [-0.2, -0.15) is 0 Å². The van der Waals surface area contributed by atoms with E-state index >= 15 is 0 Å². The minimum atomic E-state index is -0.0740. The minimum absolute atomic E-state index is 0.0740. The zero-order chi connectivity index (χ0) is 12.5. The highest BCUT2D eigenvalue weighted by Crippen LogP contribution is 2.41. The van der Waals surface area contributed by atoms with Crippen LogP contribution in [0.2, 0.25) is 0 Å². The maximum atomic E-state index is 6.47. The molecular formula is C15H23NO. The van der Waals surface area contributed by atoms with Crippen molar-refractivity contribution in [3.63, 3.8) is 0 Å². The van der Waals surface area contributed by atoms with Crippen molar-refractivity contribution < 1.29 is 4.74 Å². The van der Waals surface area contributed by atoms with Crippen LogP contribution in [0.25, 0.3) is 0 Å². The SMILES string of the molecule is CCC[C@H]1c2cc(OC)ccc2CC[C@@]1(C)N. The van der Waals surface area contributed by atoms with Crippen LogP contribution in [0.15, 0.2) is 18.2 Å². The van der Waals surface area contributed by atoms with Crippen molar-refractivity contribution in [3.05, 3.63) is 29.3 Å². The van der Waals surface area contributed by atoms with Gasteiger partial charge in [0.25, 0.3) is 0 Å². The fourth-order valence-electron chi connectivity index (χ4n) is 2.96. The van der Waals surface area contributed by atoms with Crippen LogP contribution in [-0.4, -0.2) is 12.6 Å². The van der Waals surface area contributed by atoms with Gasteiger partial charge < -0.3 is 10.5 Å². The minimum Gasteiger partial charge on any atom is -0.497 e. The van der Waals surface area contributed by atoms with Gasteiger partial charge in [-0.25, -0.2) is 0 Å². The lowest BCUT2D eigenvalue weighted by molar-refractivity contribution is 0.312. The van der Waals surface area contributed by atoms with Gasteiger partial charge >= 0.3 is 0 Å². The van der Waals surface area contributed by atoms with E-state index < -0.39 is 0 Å². The molecule has 1 aliphatic rings. The first-order valence-electron chi connectivity index (χ1n) is 6.54. The van der Waals surface area contributed by atoms with Crippen LogP contribution in [-0.2, 0) is 6.42 Å². The number of aryl methyl sites for hydroxylation is 1. The Morgan fingerprint density at radius 3 is 2.88 bits per heavy atom. The Bertz CT molecular complexity index is 398. The summed E-state index contributed by atoms with van der Waals surface area (Å²) in [6, 6.07) is 6.44. The first kappa shape index (κ1) is 12.4. The van der Waals surface area contributed by atoms with Crippen LogP contribution in [0.5, 0.6) is 5.75 Å². The van der Waals surface area contributed by atoms with Gasteiger partial charge in [-0.3, -0.25) is 0 Å². The van der Waals surface area contributed by atoms with Crippen molar-refractivity contribution in [1.29, 1.82) is 0 Å². The van der Waals surface area contributed by atoms with Gasteiger partial charge in [-0.05, 0) is 49.4 Å². The summed E-state index contributed by atoms with van der Waals surface area (Å²) in [5, 5.41) is 0. The summed E-state index contributed by atoms with van der Waals surface area (Å²) in [6.07, 6.45) is 4.50. The summed E-state index contributed by atoms with van der Waals surface area (Å²) in [6.45, 7) is 4.42. The molecule has 0 saturated heterocycles. The van der Waals surface area contributed by atoms with E-state index in [0.717, 1.165) is 25.0 Å². The van der Waals surface area contributed by atoms with Gasteiger partial charge in [0.1, 0.15) is 5.75 Å². The van der Waals surface area contributed by atoms with Crippen LogP contribution in [0.3, 0.4) is 0 Å². The van der Waals surface area contributed by atoms with E-state index in [1.807, 2.05) is 0 Å². The van der Waals surface area contributed by atoms with E-state index in [1.54, 1.807) is 7.11 Å². The Hall–Kier alpha value is -1.02. The number of hydrogen-bond acceptors (Lipinski definition) is 2.